The van der Waals surface area contributed by atoms with Crippen molar-refractivity contribution in [2.24, 2.45) is 0 Å². The van der Waals surface area contributed by atoms with E-state index in [-0.39, 0.29) is 0 Å². The van der Waals surface area contributed by atoms with Gasteiger partial charge in [-0.3, -0.25) is 0 Å². The number of carboxylic acid groups (broad SMARTS) is 1. The first kappa shape index (κ1) is 16.6. The van der Waals surface area contributed by atoms with Gasteiger partial charge in [-0.1, -0.05) is 13.3 Å². The van der Waals surface area contributed by atoms with E-state index in [0.717, 1.165) is 37.1 Å². The molecule has 0 bridgehead atoms. The van der Waals surface area contributed by atoms with Gasteiger partial charge in [0.2, 0.25) is 0 Å². The maximum atomic E-state index is 10.6. The van der Waals surface area contributed by atoms with Crippen LogP contribution in [0.5, 0.6) is 0 Å². The summed E-state index contributed by atoms with van der Waals surface area (Å²) in [7, 11) is 0. The van der Waals surface area contributed by atoms with Gasteiger partial charge in [0.25, 0.3) is 0 Å². The minimum atomic E-state index is -1.15. The van der Waals surface area contributed by atoms with Crippen molar-refractivity contribution in [3.8, 4) is 0 Å². The van der Waals surface area contributed by atoms with Crippen molar-refractivity contribution < 1.29 is 33.8 Å². The van der Waals surface area contributed by atoms with Crippen molar-refractivity contribution in [3.05, 3.63) is 24.3 Å². The van der Waals surface area contributed by atoms with Crippen molar-refractivity contribution in [2.75, 3.05) is 6.61 Å². The van der Waals surface area contributed by atoms with E-state index in [1.165, 1.54) is 0 Å². The van der Waals surface area contributed by atoms with Crippen LogP contribution in [0.25, 0.3) is 0 Å². The van der Waals surface area contributed by atoms with Gasteiger partial charge in [-0.15, -0.1) is 0 Å². The largest absolute Gasteiger partial charge is 0.478 e. The summed E-state index contributed by atoms with van der Waals surface area (Å²) in [6, 6.07) is 0. The minimum Gasteiger partial charge on any atom is -0.478 e. The van der Waals surface area contributed by atoms with Gasteiger partial charge in [0.1, 0.15) is 0 Å². The molecular weight excluding hydrogens is 256 g/mol. The average molecular weight is 270 g/mol. The predicted octanol–water partition coefficient (Wildman–Crippen LogP) is 0.597. The van der Waals surface area contributed by atoms with Crippen molar-refractivity contribution in [2.45, 2.75) is 19.8 Å². The second-order valence-electron chi connectivity index (χ2n) is 3.27. The fourth-order valence-electron chi connectivity index (χ4n) is 0.808. The van der Waals surface area contributed by atoms with Crippen molar-refractivity contribution >= 4 is 23.9 Å². The van der Waals surface area contributed by atoms with E-state index >= 15 is 0 Å². The Bertz CT molecular complexity index is 390. The zero-order valence-electron chi connectivity index (χ0n) is 10.3. The third-order valence-electron chi connectivity index (χ3n) is 1.66. The molecule has 0 atom stereocenters. The number of rotatable bonds is 5. The fraction of sp³-hybridized carbons (Fsp3) is 0.333. The zero-order chi connectivity index (χ0) is 14.7. The monoisotopic (exact) mass is 270 g/mol. The van der Waals surface area contributed by atoms with E-state index in [1.54, 1.807) is 0 Å². The summed E-state index contributed by atoms with van der Waals surface area (Å²) in [5.41, 5.74) is 0. The SMILES string of the molecule is CCCCOC(=O)/C=C/C(=O)O.O=C1C=CC(=O)O1. The lowest BCUT2D eigenvalue weighted by Crippen LogP contribution is -2.02. The van der Waals surface area contributed by atoms with Crippen molar-refractivity contribution in [3.63, 3.8) is 0 Å². The normalized spacial score (nSPS) is 12.9. The van der Waals surface area contributed by atoms with Crippen LogP contribution in [-0.2, 0) is 28.7 Å². The molecule has 0 fully saturated rings. The summed E-state index contributed by atoms with van der Waals surface area (Å²) in [6.07, 6.45) is 5.57. The van der Waals surface area contributed by atoms with E-state index in [4.69, 9.17) is 5.11 Å². The van der Waals surface area contributed by atoms with Gasteiger partial charge in [-0.25, -0.2) is 19.2 Å². The molecule has 19 heavy (non-hydrogen) atoms. The van der Waals surface area contributed by atoms with Gasteiger partial charge in [0, 0.05) is 24.3 Å². The van der Waals surface area contributed by atoms with E-state index in [9.17, 15) is 19.2 Å². The molecule has 7 heteroatoms. The second kappa shape index (κ2) is 9.58. The van der Waals surface area contributed by atoms with E-state index in [1.807, 2.05) is 6.92 Å². The van der Waals surface area contributed by atoms with Crippen LogP contribution < -0.4 is 0 Å². The number of hydrogen-bond donors (Lipinski definition) is 1. The van der Waals surface area contributed by atoms with Gasteiger partial charge < -0.3 is 14.6 Å². The first-order chi connectivity index (χ1) is 8.95. The molecule has 0 aromatic rings. The lowest BCUT2D eigenvalue weighted by Gasteiger charge is -1.97. The molecule has 0 amide bonds. The van der Waals surface area contributed by atoms with E-state index in [0.29, 0.717) is 6.61 Å². The molecule has 0 unspecified atom stereocenters. The van der Waals surface area contributed by atoms with Gasteiger partial charge >= 0.3 is 23.9 Å². The number of hydrogen-bond acceptors (Lipinski definition) is 6. The molecule has 0 aliphatic carbocycles. The van der Waals surface area contributed by atoms with Gasteiger partial charge in [0.15, 0.2) is 0 Å². The summed E-state index contributed by atoms with van der Waals surface area (Å²) in [4.78, 5) is 40.4. The molecule has 1 N–H and O–H groups in total. The van der Waals surface area contributed by atoms with Crippen LogP contribution in [0.2, 0.25) is 0 Å². The van der Waals surface area contributed by atoms with E-state index in [2.05, 4.69) is 9.47 Å². The molecule has 0 saturated carbocycles. The Hall–Kier alpha value is -2.44. The highest BCUT2D eigenvalue weighted by molar-refractivity contribution is 6.04. The maximum absolute atomic E-state index is 10.6. The van der Waals surface area contributed by atoms with Crippen LogP contribution in [0.3, 0.4) is 0 Å². The number of carboxylic acids is 1. The number of esters is 3. The lowest BCUT2D eigenvalue weighted by molar-refractivity contribution is -0.150. The number of carbonyl (C=O) groups excluding carboxylic acids is 3. The first-order valence-electron chi connectivity index (χ1n) is 5.47. The summed E-state index contributed by atoms with van der Waals surface area (Å²) in [5.74, 6) is -2.91. The lowest BCUT2D eigenvalue weighted by atomic mass is 10.4. The number of aliphatic carboxylic acids is 1. The first-order valence-corrected chi connectivity index (χ1v) is 5.47. The highest BCUT2D eigenvalue weighted by Crippen LogP contribution is 1.92. The minimum absolute atomic E-state index is 0.347. The Morgan fingerprint density at radius 3 is 2.21 bits per heavy atom. The molecular formula is C12H14O7. The average Bonchev–Trinajstić information content (AvgIpc) is 2.72. The van der Waals surface area contributed by atoms with Crippen LogP contribution in [-0.4, -0.2) is 35.6 Å². The molecule has 1 rings (SSSR count). The zero-order valence-corrected chi connectivity index (χ0v) is 10.3. The van der Waals surface area contributed by atoms with E-state index < -0.39 is 23.9 Å². The number of ether oxygens (including phenoxy) is 2. The molecule has 1 aliphatic heterocycles. The number of cyclic esters (lactones) is 2. The molecule has 0 aromatic heterocycles. The van der Waals surface area contributed by atoms with Gasteiger partial charge in [-0.2, -0.15) is 0 Å². The van der Waals surface area contributed by atoms with Crippen LogP contribution >= 0.6 is 0 Å². The third-order valence-corrected chi connectivity index (χ3v) is 1.66. The van der Waals surface area contributed by atoms with Crippen molar-refractivity contribution in [1.29, 1.82) is 0 Å². The molecule has 0 saturated heterocycles. The number of unbranched alkanes of at least 4 members (excludes halogenated alkanes) is 1. The Balaban J connectivity index is 0.000000388. The fourth-order valence-corrected chi connectivity index (χ4v) is 0.808. The standard InChI is InChI=1S/C8H12O4.C4H2O3/c1-2-3-6-12-8(11)5-4-7(9)10;5-3-1-2-4(6)7-3/h4-5H,2-3,6H2,1H3,(H,9,10);1-2H/b5-4+;. The molecule has 1 aliphatic rings. The Labute approximate surface area is 109 Å². The summed E-state index contributed by atoms with van der Waals surface area (Å²) < 4.78 is 8.62. The second-order valence-corrected chi connectivity index (χ2v) is 3.27. The molecule has 104 valence electrons. The Morgan fingerprint density at radius 2 is 1.84 bits per heavy atom. The predicted molar refractivity (Wildman–Crippen MR) is 62.9 cm³/mol. The maximum Gasteiger partial charge on any atom is 0.338 e. The topological polar surface area (TPSA) is 107 Å². The third kappa shape index (κ3) is 10.4. The summed E-state index contributed by atoms with van der Waals surface area (Å²) in [6.45, 7) is 2.32. The number of carbonyl (C=O) groups is 4. The van der Waals surface area contributed by atoms with Crippen LogP contribution in [0.1, 0.15) is 19.8 Å². The molecule has 0 aromatic carbocycles. The molecule has 0 spiro atoms. The molecule has 1 heterocycles. The highest BCUT2D eigenvalue weighted by Gasteiger charge is 2.10. The highest BCUT2D eigenvalue weighted by atomic mass is 16.6. The Morgan fingerprint density at radius 1 is 1.26 bits per heavy atom. The summed E-state index contributed by atoms with van der Waals surface area (Å²) in [5, 5.41) is 8.14. The van der Waals surface area contributed by atoms with Crippen LogP contribution in [0, 0.1) is 0 Å². The van der Waals surface area contributed by atoms with Gasteiger partial charge in [0.05, 0.1) is 6.61 Å². The summed E-state index contributed by atoms with van der Waals surface area (Å²) >= 11 is 0. The van der Waals surface area contributed by atoms with Crippen LogP contribution in [0.4, 0.5) is 0 Å². The van der Waals surface area contributed by atoms with Crippen LogP contribution in [0.15, 0.2) is 24.3 Å². The molecule has 7 nitrogen and oxygen atoms in total. The van der Waals surface area contributed by atoms with Crippen molar-refractivity contribution in [1.82, 2.24) is 0 Å². The quantitative estimate of drug-likeness (QED) is 0.337. The molecule has 0 radical (unpaired) electrons. The van der Waals surface area contributed by atoms with Gasteiger partial charge in [-0.05, 0) is 6.42 Å². The smallest absolute Gasteiger partial charge is 0.338 e. The Kier molecular flexibility index (Phi) is 8.35.